The molecule has 0 saturated heterocycles. The Labute approximate surface area is 155 Å². The molecular weight excluding hydrogens is 328 g/mol. The first-order chi connectivity index (χ1) is 12.7. The Hall–Kier alpha value is -2.43. The lowest BCUT2D eigenvalue weighted by atomic mass is 9.94. The van der Waals surface area contributed by atoms with E-state index in [2.05, 4.69) is 11.7 Å². The van der Waals surface area contributed by atoms with Gasteiger partial charge < -0.3 is 14.2 Å². The first-order valence-corrected chi connectivity index (χ1v) is 8.73. The predicted octanol–water partition coefficient (Wildman–Crippen LogP) is 4.67. The van der Waals surface area contributed by atoms with Gasteiger partial charge in [-0.1, -0.05) is 73.7 Å². The number of methoxy groups -OCH3 is 1. The number of rotatable bonds is 10. The van der Waals surface area contributed by atoms with Crippen LogP contribution in [-0.4, -0.2) is 19.9 Å². The summed E-state index contributed by atoms with van der Waals surface area (Å²) >= 11 is 0. The lowest BCUT2D eigenvalue weighted by molar-refractivity contribution is -0.134. The minimum Gasteiger partial charge on any atom is -0.466 e. The Morgan fingerprint density at radius 3 is 2.35 bits per heavy atom. The molecule has 0 fully saturated rings. The topological polar surface area (TPSA) is 44.8 Å². The second-order valence-electron chi connectivity index (χ2n) is 6.09. The Morgan fingerprint density at radius 2 is 1.69 bits per heavy atom. The summed E-state index contributed by atoms with van der Waals surface area (Å²) in [7, 11) is 1.37. The highest BCUT2D eigenvalue weighted by Gasteiger charge is 2.19. The van der Waals surface area contributed by atoms with Gasteiger partial charge in [-0.25, -0.2) is 4.79 Å². The van der Waals surface area contributed by atoms with Gasteiger partial charge in [0.1, 0.15) is 6.79 Å². The standard InChI is InChI=1S/C22H26O4/c1-18(10-9-15-21(23)24-2)22(20-13-7-4-8-14-20)26-17-25-16-19-11-5-3-6-12-19/h3-9,11-15,18,22H,10,16-17H2,1-2H3/b15-9+/t18-,22-/m0/s1. The molecule has 0 saturated carbocycles. The smallest absolute Gasteiger partial charge is 0.330 e. The normalized spacial score (nSPS) is 13.5. The summed E-state index contributed by atoms with van der Waals surface area (Å²) in [6, 6.07) is 20.1. The largest absolute Gasteiger partial charge is 0.466 e. The molecule has 0 N–H and O–H groups in total. The van der Waals surface area contributed by atoms with Crippen molar-refractivity contribution >= 4 is 5.97 Å². The molecule has 0 heterocycles. The molecule has 138 valence electrons. The van der Waals surface area contributed by atoms with Crippen LogP contribution in [0.3, 0.4) is 0 Å². The lowest BCUT2D eigenvalue weighted by Gasteiger charge is -2.24. The third-order valence-electron chi connectivity index (χ3n) is 4.05. The van der Waals surface area contributed by atoms with Crippen molar-refractivity contribution in [2.24, 2.45) is 5.92 Å². The van der Waals surface area contributed by atoms with E-state index >= 15 is 0 Å². The zero-order valence-corrected chi connectivity index (χ0v) is 15.3. The number of hydrogen-bond donors (Lipinski definition) is 0. The molecule has 0 aliphatic carbocycles. The van der Waals surface area contributed by atoms with Gasteiger partial charge in [0.05, 0.1) is 19.8 Å². The number of allylic oxidation sites excluding steroid dienone is 1. The number of ether oxygens (including phenoxy) is 3. The zero-order chi connectivity index (χ0) is 18.6. The molecule has 2 aromatic carbocycles. The number of hydrogen-bond acceptors (Lipinski definition) is 4. The van der Waals surface area contributed by atoms with Gasteiger partial charge in [-0.05, 0) is 23.5 Å². The molecule has 4 nitrogen and oxygen atoms in total. The van der Waals surface area contributed by atoms with Gasteiger partial charge in [-0.3, -0.25) is 0 Å². The molecule has 0 aliphatic rings. The van der Waals surface area contributed by atoms with Gasteiger partial charge in [0.15, 0.2) is 0 Å². The van der Waals surface area contributed by atoms with Crippen LogP contribution in [0.1, 0.15) is 30.6 Å². The molecule has 26 heavy (non-hydrogen) atoms. The van der Waals surface area contributed by atoms with Crippen LogP contribution in [0.4, 0.5) is 0 Å². The van der Waals surface area contributed by atoms with Crippen LogP contribution >= 0.6 is 0 Å². The predicted molar refractivity (Wildman–Crippen MR) is 101 cm³/mol. The maximum Gasteiger partial charge on any atom is 0.330 e. The maximum atomic E-state index is 11.2. The first kappa shape index (κ1) is 19.9. The van der Waals surface area contributed by atoms with E-state index in [9.17, 15) is 4.79 Å². The van der Waals surface area contributed by atoms with Gasteiger partial charge in [-0.15, -0.1) is 0 Å². The van der Waals surface area contributed by atoms with Crippen molar-refractivity contribution in [2.45, 2.75) is 26.1 Å². The van der Waals surface area contributed by atoms with Crippen molar-refractivity contribution in [3.63, 3.8) is 0 Å². The molecule has 2 aromatic rings. The van der Waals surface area contributed by atoms with Crippen molar-refractivity contribution in [1.29, 1.82) is 0 Å². The number of carbonyl (C=O) groups is 1. The first-order valence-electron chi connectivity index (χ1n) is 8.73. The molecule has 2 rings (SSSR count). The molecule has 0 aliphatic heterocycles. The summed E-state index contributed by atoms with van der Waals surface area (Å²) in [4.78, 5) is 11.2. The SMILES string of the molecule is COC(=O)/C=C/C[C@H](C)[C@H](OCOCc1ccccc1)c1ccccc1. The van der Waals surface area contributed by atoms with Crippen molar-refractivity contribution in [2.75, 3.05) is 13.9 Å². The summed E-state index contributed by atoms with van der Waals surface area (Å²) < 4.78 is 16.3. The van der Waals surface area contributed by atoms with E-state index in [1.54, 1.807) is 0 Å². The second-order valence-corrected chi connectivity index (χ2v) is 6.09. The van der Waals surface area contributed by atoms with Gasteiger partial charge in [-0.2, -0.15) is 0 Å². The maximum absolute atomic E-state index is 11.2. The molecule has 0 radical (unpaired) electrons. The summed E-state index contributed by atoms with van der Waals surface area (Å²) in [5, 5.41) is 0. The van der Waals surface area contributed by atoms with Crippen molar-refractivity contribution < 1.29 is 19.0 Å². The highest BCUT2D eigenvalue weighted by atomic mass is 16.7. The van der Waals surface area contributed by atoms with Crippen molar-refractivity contribution in [3.05, 3.63) is 83.9 Å². The molecule has 0 bridgehead atoms. The molecule has 0 spiro atoms. The van der Waals surface area contributed by atoms with Crippen LogP contribution in [0.2, 0.25) is 0 Å². The van der Waals surface area contributed by atoms with Crippen LogP contribution < -0.4 is 0 Å². The lowest BCUT2D eigenvalue weighted by Crippen LogP contribution is -2.15. The van der Waals surface area contributed by atoms with Crippen molar-refractivity contribution in [3.8, 4) is 0 Å². The summed E-state index contributed by atoms with van der Waals surface area (Å²) in [5.41, 5.74) is 2.20. The third kappa shape index (κ3) is 6.82. The van der Waals surface area contributed by atoms with E-state index in [-0.39, 0.29) is 24.8 Å². The van der Waals surface area contributed by atoms with E-state index in [1.165, 1.54) is 13.2 Å². The minimum atomic E-state index is -0.347. The second kappa shape index (κ2) is 11.2. The highest BCUT2D eigenvalue weighted by Crippen LogP contribution is 2.28. The monoisotopic (exact) mass is 354 g/mol. The van der Waals surface area contributed by atoms with Crippen LogP contribution in [0, 0.1) is 5.92 Å². The van der Waals surface area contributed by atoms with E-state index in [4.69, 9.17) is 9.47 Å². The van der Waals surface area contributed by atoms with Crippen LogP contribution in [0.25, 0.3) is 0 Å². The van der Waals surface area contributed by atoms with Crippen LogP contribution in [0.5, 0.6) is 0 Å². The zero-order valence-electron chi connectivity index (χ0n) is 15.3. The molecule has 4 heteroatoms. The Kier molecular flexibility index (Phi) is 8.60. The molecule has 0 unspecified atom stereocenters. The third-order valence-corrected chi connectivity index (χ3v) is 4.05. The average molecular weight is 354 g/mol. The fourth-order valence-electron chi connectivity index (χ4n) is 2.66. The van der Waals surface area contributed by atoms with E-state index in [0.29, 0.717) is 13.0 Å². The molecule has 0 amide bonds. The molecule has 0 aromatic heterocycles. The number of carbonyl (C=O) groups excluding carboxylic acids is 1. The summed E-state index contributed by atoms with van der Waals surface area (Å²) in [6.07, 6.45) is 3.85. The summed E-state index contributed by atoms with van der Waals surface area (Å²) in [5.74, 6) is -0.167. The fraction of sp³-hybridized carbons (Fsp3) is 0.318. The Morgan fingerprint density at radius 1 is 1.04 bits per heavy atom. The van der Waals surface area contributed by atoms with Gasteiger partial charge in [0, 0.05) is 6.08 Å². The quantitative estimate of drug-likeness (QED) is 0.269. The van der Waals surface area contributed by atoms with Crippen LogP contribution in [0.15, 0.2) is 72.8 Å². The average Bonchev–Trinajstić information content (AvgIpc) is 2.69. The number of benzene rings is 2. The van der Waals surface area contributed by atoms with E-state index < -0.39 is 0 Å². The van der Waals surface area contributed by atoms with E-state index in [0.717, 1.165) is 11.1 Å². The molecular formula is C22H26O4. The fourth-order valence-corrected chi connectivity index (χ4v) is 2.66. The van der Waals surface area contributed by atoms with Gasteiger partial charge in [0.2, 0.25) is 0 Å². The molecule has 2 atom stereocenters. The van der Waals surface area contributed by atoms with Gasteiger partial charge >= 0.3 is 5.97 Å². The Balaban J connectivity index is 1.91. The summed E-state index contributed by atoms with van der Waals surface area (Å²) in [6.45, 7) is 2.81. The Bertz CT molecular complexity index is 667. The van der Waals surface area contributed by atoms with Crippen molar-refractivity contribution in [1.82, 2.24) is 0 Å². The van der Waals surface area contributed by atoms with Crippen LogP contribution in [-0.2, 0) is 25.6 Å². The number of esters is 1. The highest BCUT2D eigenvalue weighted by molar-refractivity contribution is 5.81. The minimum absolute atomic E-state index is 0.116. The van der Waals surface area contributed by atoms with E-state index in [1.807, 2.05) is 66.7 Å². The van der Waals surface area contributed by atoms with Gasteiger partial charge in [0.25, 0.3) is 0 Å².